The average molecular weight is 435 g/mol. The number of aromatic nitrogens is 2. The topological polar surface area (TPSA) is 33.4 Å². The van der Waals surface area contributed by atoms with Gasteiger partial charge in [0.25, 0.3) is 0 Å². The van der Waals surface area contributed by atoms with Crippen molar-refractivity contribution >= 4 is 35.1 Å². The smallest absolute Gasteiger partial charge is 0.142 e. The van der Waals surface area contributed by atoms with Crippen LogP contribution >= 0.6 is 23.2 Å². The van der Waals surface area contributed by atoms with Crippen molar-refractivity contribution in [3.05, 3.63) is 112 Å². The largest absolute Gasteiger partial charge is 0.261 e. The van der Waals surface area contributed by atoms with Crippen molar-refractivity contribution in [1.82, 2.24) is 9.78 Å². The lowest BCUT2D eigenvalue weighted by Crippen LogP contribution is -2.16. The normalized spacial score (nSPS) is 11.2. The lowest BCUT2D eigenvalue weighted by atomic mass is 10.2. The molecular weight excluding hydrogens is 415 g/mol. The van der Waals surface area contributed by atoms with E-state index in [1.165, 1.54) is 0 Å². The molecule has 0 N–H and O–H groups in total. The van der Waals surface area contributed by atoms with Crippen LogP contribution in [0.3, 0.4) is 0 Å². The van der Waals surface area contributed by atoms with Crippen molar-refractivity contribution in [1.29, 1.82) is 0 Å². The van der Waals surface area contributed by atoms with Gasteiger partial charge in [-0.2, -0.15) is 10.2 Å². The molecule has 4 rings (SSSR count). The number of anilines is 1. The van der Waals surface area contributed by atoms with Crippen molar-refractivity contribution in [3.63, 3.8) is 0 Å². The van der Waals surface area contributed by atoms with Gasteiger partial charge in [0.2, 0.25) is 0 Å². The van der Waals surface area contributed by atoms with Crippen LogP contribution in [0.2, 0.25) is 10.2 Å². The van der Waals surface area contributed by atoms with Gasteiger partial charge in [-0.05, 0) is 42.8 Å². The summed E-state index contributed by atoms with van der Waals surface area (Å²) >= 11 is 12.8. The fourth-order valence-electron chi connectivity index (χ4n) is 3.12. The highest BCUT2D eigenvalue weighted by Gasteiger charge is 2.14. The molecule has 0 radical (unpaired) electrons. The highest BCUT2D eigenvalue weighted by Crippen LogP contribution is 2.24. The summed E-state index contributed by atoms with van der Waals surface area (Å²) in [5.41, 5.74) is 4.52. The third kappa shape index (κ3) is 4.56. The predicted octanol–water partition coefficient (Wildman–Crippen LogP) is 6.53. The molecule has 4 aromatic rings. The maximum atomic E-state index is 6.65. The van der Waals surface area contributed by atoms with E-state index in [2.05, 4.69) is 17.2 Å². The summed E-state index contributed by atoms with van der Waals surface area (Å²) in [4.78, 5) is 0. The van der Waals surface area contributed by atoms with E-state index in [9.17, 15) is 0 Å². The average Bonchev–Trinajstić information content (AvgIpc) is 3.06. The van der Waals surface area contributed by atoms with E-state index >= 15 is 0 Å². The summed E-state index contributed by atoms with van der Waals surface area (Å²) in [5.74, 6) is 0. The Balaban J connectivity index is 1.67. The van der Waals surface area contributed by atoms with E-state index in [1.54, 1.807) is 10.9 Å². The van der Waals surface area contributed by atoms with Gasteiger partial charge in [-0.15, -0.1) is 0 Å². The van der Waals surface area contributed by atoms with Gasteiger partial charge in [-0.25, -0.2) is 4.68 Å². The summed E-state index contributed by atoms with van der Waals surface area (Å²) in [7, 11) is 0. The van der Waals surface area contributed by atoms with E-state index in [0.717, 1.165) is 28.2 Å². The van der Waals surface area contributed by atoms with E-state index in [-0.39, 0.29) is 0 Å². The SMILES string of the molecule is Cc1nn(-c2cccc(Cl)c2)c(Cl)c1C=NN(Cc1ccccc1)c1ccccc1. The minimum absolute atomic E-state index is 0.492. The molecular formula is C24H20Cl2N4. The first-order valence-corrected chi connectivity index (χ1v) is 10.3. The Morgan fingerprint density at radius 2 is 1.63 bits per heavy atom. The molecule has 0 aliphatic rings. The highest BCUT2D eigenvalue weighted by molar-refractivity contribution is 6.32. The van der Waals surface area contributed by atoms with Crippen molar-refractivity contribution in [2.24, 2.45) is 5.10 Å². The minimum Gasteiger partial charge on any atom is -0.261 e. The number of hydrogen-bond donors (Lipinski definition) is 0. The first-order valence-electron chi connectivity index (χ1n) is 9.53. The van der Waals surface area contributed by atoms with Crippen molar-refractivity contribution in [2.75, 3.05) is 5.01 Å². The van der Waals surface area contributed by atoms with Crippen LogP contribution in [-0.2, 0) is 6.54 Å². The molecule has 1 aromatic heterocycles. The van der Waals surface area contributed by atoms with Crippen molar-refractivity contribution < 1.29 is 0 Å². The van der Waals surface area contributed by atoms with Gasteiger partial charge in [-0.3, -0.25) is 5.01 Å². The van der Waals surface area contributed by atoms with Gasteiger partial charge in [0.15, 0.2) is 0 Å². The molecule has 0 unspecified atom stereocenters. The summed E-state index contributed by atoms with van der Waals surface area (Å²) < 4.78 is 1.67. The molecule has 0 bridgehead atoms. The van der Waals surface area contributed by atoms with Gasteiger partial charge in [0.1, 0.15) is 5.15 Å². The van der Waals surface area contributed by atoms with Crippen molar-refractivity contribution in [3.8, 4) is 5.69 Å². The van der Waals surface area contributed by atoms with Gasteiger partial charge in [0, 0.05) is 5.02 Å². The Morgan fingerprint density at radius 3 is 2.33 bits per heavy atom. The van der Waals surface area contributed by atoms with Crippen LogP contribution < -0.4 is 5.01 Å². The van der Waals surface area contributed by atoms with Crippen LogP contribution in [-0.4, -0.2) is 16.0 Å². The molecule has 1 heterocycles. The van der Waals surface area contributed by atoms with Gasteiger partial charge < -0.3 is 0 Å². The Bertz CT molecular complexity index is 1150. The maximum absolute atomic E-state index is 6.65. The first kappa shape index (κ1) is 20.2. The minimum atomic E-state index is 0.492. The molecule has 0 aliphatic heterocycles. The zero-order chi connectivity index (χ0) is 20.9. The van der Waals surface area contributed by atoms with Gasteiger partial charge in [0.05, 0.1) is 35.4 Å². The summed E-state index contributed by atoms with van der Waals surface area (Å²) in [6.07, 6.45) is 1.77. The number of benzene rings is 3. The molecule has 3 aromatic carbocycles. The Morgan fingerprint density at radius 1 is 0.933 bits per heavy atom. The number of rotatable bonds is 6. The fraction of sp³-hybridized carbons (Fsp3) is 0.0833. The Labute approximate surface area is 186 Å². The summed E-state index contributed by atoms with van der Waals surface area (Å²) in [6.45, 7) is 2.55. The van der Waals surface area contributed by atoms with Crippen LogP contribution in [0.25, 0.3) is 5.69 Å². The zero-order valence-corrected chi connectivity index (χ0v) is 17.9. The standard InChI is InChI=1S/C24H20Cl2N4/c1-18-23(24(26)30(28-18)22-14-8-11-20(25)15-22)16-27-29(21-12-6-3-7-13-21)17-19-9-4-2-5-10-19/h2-16H,17H2,1H3. The molecule has 0 saturated heterocycles. The molecule has 0 amide bonds. The van der Waals surface area contributed by atoms with E-state index in [1.807, 2.05) is 84.7 Å². The van der Waals surface area contributed by atoms with Crippen LogP contribution in [0.15, 0.2) is 90.0 Å². The second kappa shape index (κ2) is 9.16. The monoisotopic (exact) mass is 434 g/mol. The van der Waals surface area contributed by atoms with E-state index in [0.29, 0.717) is 16.7 Å². The first-order chi connectivity index (χ1) is 14.6. The highest BCUT2D eigenvalue weighted by atomic mass is 35.5. The zero-order valence-electron chi connectivity index (χ0n) is 16.4. The molecule has 30 heavy (non-hydrogen) atoms. The number of aryl methyl sites for hydroxylation is 1. The second-order valence-electron chi connectivity index (χ2n) is 6.80. The number of hydrogen-bond acceptors (Lipinski definition) is 3. The van der Waals surface area contributed by atoms with Crippen LogP contribution in [0.5, 0.6) is 0 Å². The molecule has 0 atom stereocenters. The lowest BCUT2D eigenvalue weighted by molar-refractivity contribution is 0.858. The molecule has 0 fully saturated rings. The Kier molecular flexibility index (Phi) is 6.17. The molecule has 0 saturated carbocycles. The number of para-hydroxylation sites is 1. The van der Waals surface area contributed by atoms with E-state index in [4.69, 9.17) is 28.3 Å². The Hall–Kier alpha value is -3.08. The molecule has 150 valence electrons. The van der Waals surface area contributed by atoms with Crippen LogP contribution in [0.4, 0.5) is 5.69 Å². The quantitative estimate of drug-likeness (QED) is 0.255. The molecule has 4 nitrogen and oxygen atoms in total. The maximum Gasteiger partial charge on any atom is 0.142 e. The predicted molar refractivity (Wildman–Crippen MR) is 125 cm³/mol. The third-order valence-electron chi connectivity index (χ3n) is 4.66. The molecule has 0 spiro atoms. The third-order valence-corrected chi connectivity index (χ3v) is 5.26. The van der Waals surface area contributed by atoms with Crippen molar-refractivity contribution in [2.45, 2.75) is 13.5 Å². The van der Waals surface area contributed by atoms with Gasteiger partial charge in [-0.1, -0.05) is 77.8 Å². The van der Waals surface area contributed by atoms with E-state index < -0.39 is 0 Å². The lowest BCUT2D eigenvalue weighted by Gasteiger charge is -2.19. The summed E-state index contributed by atoms with van der Waals surface area (Å²) in [5, 5.41) is 12.4. The summed E-state index contributed by atoms with van der Waals surface area (Å²) in [6, 6.07) is 27.7. The number of nitrogens with zero attached hydrogens (tertiary/aromatic N) is 4. The molecule has 0 aliphatic carbocycles. The fourth-order valence-corrected chi connectivity index (χ4v) is 3.62. The van der Waals surface area contributed by atoms with Crippen LogP contribution in [0.1, 0.15) is 16.8 Å². The molecule has 6 heteroatoms. The van der Waals surface area contributed by atoms with Crippen LogP contribution in [0, 0.1) is 6.92 Å². The number of hydrazone groups is 1. The second-order valence-corrected chi connectivity index (χ2v) is 7.60. The number of halogens is 2. The van der Waals surface area contributed by atoms with Gasteiger partial charge >= 0.3 is 0 Å².